The van der Waals surface area contributed by atoms with Crippen LogP contribution in [0, 0.1) is 11.8 Å². The normalized spacial score (nSPS) is 23.6. The van der Waals surface area contributed by atoms with Gasteiger partial charge in [0.1, 0.15) is 11.9 Å². The molecule has 1 aromatic rings. The Labute approximate surface area is 232 Å². The van der Waals surface area contributed by atoms with E-state index >= 15 is 0 Å². The van der Waals surface area contributed by atoms with Gasteiger partial charge in [-0.2, -0.15) is 0 Å². The van der Waals surface area contributed by atoms with Crippen molar-refractivity contribution in [3.05, 3.63) is 23.8 Å². The van der Waals surface area contributed by atoms with E-state index in [-0.39, 0.29) is 54.5 Å². The molecular weight excluding hydrogens is 496 g/mol. The zero-order valence-corrected chi connectivity index (χ0v) is 23.8. The van der Waals surface area contributed by atoms with Gasteiger partial charge >= 0.3 is 6.03 Å². The van der Waals surface area contributed by atoms with Gasteiger partial charge in [-0.25, -0.2) is 4.79 Å². The minimum Gasteiger partial charge on any atom is -0.487 e. The molecule has 3 aliphatic rings. The number of nitrogens with one attached hydrogen (secondary N) is 2. The van der Waals surface area contributed by atoms with Gasteiger partial charge in [-0.05, 0) is 50.8 Å². The summed E-state index contributed by atoms with van der Waals surface area (Å²) in [6.45, 7) is 4.39. The van der Waals surface area contributed by atoms with Crippen LogP contribution >= 0.6 is 0 Å². The van der Waals surface area contributed by atoms with Crippen molar-refractivity contribution in [3.8, 4) is 5.75 Å². The molecule has 1 aliphatic heterocycles. The number of hydrogen-bond donors (Lipinski definition) is 3. The van der Waals surface area contributed by atoms with Gasteiger partial charge in [-0.3, -0.25) is 9.59 Å². The van der Waals surface area contributed by atoms with Crippen LogP contribution < -0.4 is 15.4 Å². The molecule has 0 spiro atoms. The minimum absolute atomic E-state index is 0.000792. The predicted octanol–water partition coefficient (Wildman–Crippen LogP) is 4.40. The number of likely N-dealkylation sites (N-methyl/N-ethyl adjacent to an activating group) is 1. The van der Waals surface area contributed by atoms with E-state index in [0.29, 0.717) is 30.1 Å². The second kappa shape index (κ2) is 13.5. The first-order chi connectivity index (χ1) is 18.8. The summed E-state index contributed by atoms with van der Waals surface area (Å²) in [5, 5.41) is 16.1. The fourth-order valence-electron chi connectivity index (χ4n) is 6.01. The van der Waals surface area contributed by atoms with E-state index in [2.05, 4.69) is 10.6 Å². The van der Waals surface area contributed by atoms with Crippen LogP contribution in [-0.2, 0) is 4.79 Å². The third-order valence-corrected chi connectivity index (χ3v) is 8.64. The third-order valence-electron chi connectivity index (χ3n) is 8.64. The van der Waals surface area contributed by atoms with Gasteiger partial charge in [0, 0.05) is 37.2 Å². The molecule has 0 aromatic heterocycles. The fourth-order valence-corrected chi connectivity index (χ4v) is 6.01. The zero-order valence-electron chi connectivity index (χ0n) is 23.8. The van der Waals surface area contributed by atoms with Crippen molar-refractivity contribution in [2.75, 3.05) is 32.1 Å². The van der Waals surface area contributed by atoms with Gasteiger partial charge in [0.25, 0.3) is 5.91 Å². The number of fused-ring (bicyclic) bond motifs is 1. The number of aliphatic hydroxyl groups excluding tert-OH is 1. The van der Waals surface area contributed by atoms with Crippen LogP contribution in [0.5, 0.6) is 5.75 Å². The van der Waals surface area contributed by atoms with Crippen LogP contribution in [-0.4, -0.2) is 77.7 Å². The Balaban J connectivity index is 1.53. The lowest BCUT2D eigenvalue weighted by Crippen LogP contribution is -2.52. The first-order valence-corrected chi connectivity index (χ1v) is 14.8. The van der Waals surface area contributed by atoms with Gasteiger partial charge < -0.3 is 30.3 Å². The largest absolute Gasteiger partial charge is 0.487 e. The number of ether oxygens (including phenoxy) is 1. The topological polar surface area (TPSA) is 111 Å². The van der Waals surface area contributed by atoms with E-state index in [4.69, 9.17) is 4.74 Å². The maximum atomic E-state index is 13.7. The number of carbonyl (C=O) groups excluding carboxylic acids is 3. The Morgan fingerprint density at radius 1 is 1.10 bits per heavy atom. The molecule has 3 N–H and O–H groups in total. The summed E-state index contributed by atoms with van der Waals surface area (Å²) in [5.41, 5.74) is 0.912. The molecule has 0 bridgehead atoms. The number of nitrogens with zero attached hydrogens (tertiary/aromatic N) is 2. The van der Waals surface area contributed by atoms with Gasteiger partial charge in [-0.15, -0.1) is 0 Å². The smallest absolute Gasteiger partial charge is 0.317 e. The number of carbonyl (C=O) groups is 3. The highest BCUT2D eigenvalue weighted by Crippen LogP contribution is 2.32. The molecule has 9 heteroatoms. The molecule has 4 rings (SSSR count). The molecule has 0 saturated heterocycles. The Morgan fingerprint density at radius 3 is 2.44 bits per heavy atom. The first kappa shape index (κ1) is 29.2. The van der Waals surface area contributed by atoms with Crippen molar-refractivity contribution in [2.24, 2.45) is 11.8 Å². The van der Waals surface area contributed by atoms with Crippen LogP contribution in [0.25, 0.3) is 0 Å². The van der Waals surface area contributed by atoms with Gasteiger partial charge in [-0.1, -0.05) is 45.4 Å². The molecule has 39 heavy (non-hydrogen) atoms. The first-order valence-electron chi connectivity index (χ1n) is 14.8. The second-order valence-electron chi connectivity index (χ2n) is 11.8. The van der Waals surface area contributed by atoms with E-state index in [1.54, 1.807) is 35.0 Å². The summed E-state index contributed by atoms with van der Waals surface area (Å²) < 4.78 is 6.42. The van der Waals surface area contributed by atoms with E-state index in [9.17, 15) is 19.5 Å². The van der Waals surface area contributed by atoms with Crippen LogP contribution in [0.3, 0.4) is 0 Å². The van der Waals surface area contributed by atoms with Crippen molar-refractivity contribution >= 4 is 23.5 Å². The quantitative estimate of drug-likeness (QED) is 0.473. The van der Waals surface area contributed by atoms with Crippen molar-refractivity contribution in [1.82, 2.24) is 15.1 Å². The van der Waals surface area contributed by atoms with Crippen LogP contribution in [0.2, 0.25) is 0 Å². The lowest BCUT2D eigenvalue weighted by atomic mass is 9.88. The number of hydrogen-bond acceptors (Lipinski definition) is 5. The molecule has 3 atom stereocenters. The minimum atomic E-state index is -0.389. The maximum Gasteiger partial charge on any atom is 0.317 e. The average Bonchev–Trinajstić information content (AvgIpc) is 2.95. The highest BCUT2D eigenvalue weighted by molar-refractivity contribution is 6.00. The monoisotopic (exact) mass is 542 g/mol. The molecule has 0 unspecified atom stereocenters. The SMILES string of the molecule is C[C@@H]1CN([C@@H](C)CO)C(=O)c2cc(NC(=O)C3CCCCC3)ccc2O[C@H]1CN(C)C(=O)NC1CCCCC1. The third kappa shape index (κ3) is 7.44. The van der Waals surface area contributed by atoms with Crippen molar-refractivity contribution in [3.63, 3.8) is 0 Å². The van der Waals surface area contributed by atoms with Gasteiger partial charge in [0.05, 0.1) is 24.8 Å². The van der Waals surface area contributed by atoms with Gasteiger partial charge in [0.2, 0.25) is 5.91 Å². The summed E-state index contributed by atoms with van der Waals surface area (Å²) in [5.74, 6) is 0.0786. The molecule has 2 fully saturated rings. The molecule has 9 nitrogen and oxygen atoms in total. The molecule has 1 aromatic carbocycles. The second-order valence-corrected chi connectivity index (χ2v) is 11.8. The van der Waals surface area contributed by atoms with Crippen molar-refractivity contribution in [2.45, 2.75) is 96.2 Å². The molecule has 216 valence electrons. The molecule has 1 heterocycles. The number of urea groups is 1. The molecular formula is C30H46N4O5. The summed E-state index contributed by atoms with van der Waals surface area (Å²) in [6.07, 6.45) is 10.3. The summed E-state index contributed by atoms with van der Waals surface area (Å²) in [7, 11) is 1.77. The predicted molar refractivity (Wildman–Crippen MR) is 151 cm³/mol. The lowest BCUT2D eigenvalue weighted by Gasteiger charge is -2.38. The van der Waals surface area contributed by atoms with Crippen molar-refractivity contribution in [1.29, 1.82) is 0 Å². The van der Waals surface area contributed by atoms with E-state index in [1.165, 1.54) is 12.8 Å². The van der Waals surface area contributed by atoms with E-state index in [1.807, 2.05) is 13.8 Å². The Morgan fingerprint density at radius 2 is 1.77 bits per heavy atom. The lowest BCUT2D eigenvalue weighted by molar-refractivity contribution is -0.120. The standard InChI is InChI=1S/C30H46N4O5/c1-20-17-34(21(2)19-35)29(37)25-16-24(31-28(36)22-10-6-4-7-11-22)14-15-26(25)39-27(20)18-33(3)30(38)32-23-12-8-5-9-13-23/h14-16,20-23,27,35H,4-13,17-19H2,1-3H3,(H,31,36)(H,32,38)/t20-,21+,27+/m1/s1. The molecule has 2 saturated carbocycles. The number of anilines is 1. The Hall–Kier alpha value is -2.81. The van der Waals surface area contributed by atoms with Crippen LogP contribution in [0.1, 0.15) is 88.4 Å². The maximum absolute atomic E-state index is 13.7. The van der Waals surface area contributed by atoms with E-state index < -0.39 is 0 Å². The van der Waals surface area contributed by atoms with Crippen LogP contribution in [0.4, 0.5) is 10.5 Å². The van der Waals surface area contributed by atoms with E-state index in [0.717, 1.165) is 51.4 Å². The number of rotatable bonds is 7. The highest BCUT2D eigenvalue weighted by atomic mass is 16.5. The molecule has 2 aliphatic carbocycles. The molecule has 4 amide bonds. The molecule has 0 radical (unpaired) electrons. The summed E-state index contributed by atoms with van der Waals surface area (Å²) >= 11 is 0. The highest BCUT2D eigenvalue weighted by Gasteiger charge is 2.34. The Bertz CT molecular complexity index is 1010. The number of amides is 4. The number of benzene rings is 1. The zero-order chi connectivity index (χ0) is 27.9. The van der Waals surface area contributed by atoms with Gasteiger partial charge in [0.15, 0.2) is 0 Å². The summed E-state index contributed by atoms with van der Waals surface area (Å²) in [4.78, 5) is 42.8. The fraction of sp³-hybridized carbons (Fsp3) is 0.700. The number of aliphatic hydroxyl groups is 1. The van der Waals surface area contributed by atoms with Crippen molar-refractivity contribution < 1.29 is 24.2 Å². The Kier molecular flexibility index (Phi) is 10.1. The average molecular weight is 543 g/mol. The van der Waals surface area contributed by atoms with Crippen LogP contribution in [0.15, 0.2) is 18.2 Å². The summed E-state index contributed by atoms with van der Waals surface area (Å²) in [6, 6.07) is 4.90.